The normalized spacial score (nSPS) is 19.5. The highest BCUT2D eigenvalue weighted by molar-refractivity contribution is 6.31. The first kappa shape index (κ1) is 23.7. The van der Waals surface area contributed by atoms with Crippen molar-refractivity contribution in [3.05, 3.63) is 103 Å². The summed E-state index contributed by atoms with van der Waals surface area (Å²) in [4.78, 5) is 51.9. The van der Waals surface area contributed by atoms with Crippen LogP contribution in [0.4, 0.5) is 0 Å². The largest absolute Gasteiger partial charge is 0.459 e. The van der Waals surface area contributed by atoms with Crippen molar-refractivity contribution >= 4 is 35.1 Å². The van der Waals surface area contributed by atoms with Crippen LogP contribution in [0.15, 0.2) is 70.4 Å². The van der Waals surface area contributed by atoms with Crippen molar-refractivity contribution in [1.29, 1.82) is 0 Å². The fraction of sp³-hybridized carbons (Fsp3) is 0.217. The van der Waals surface area contributed by atoms with Crippen molar-refractivity contribution in [3.63, 3.8) is 0 Å². The number of benzene rings is 2. The predicted octanol–water partition coefficient (Wildman–Crippen LogP) is 3.21. The summed E-state index contributed by atoms with van der Waals surface area (Å²) in [5.74, 6) is -1.30. The standard InChI is InChI=1S/C23H18Cl2N2O7/c24-15-5-1-13(2-6-15)21(29)32-12-18-17(34-22(30)14-3-7-16(25)8-4-14)11-20(33-18)27-19(28)9-10-26-23(27)31/h1-10,17-18,20H,11-12H2,(H,26,31)/t17-,18?,20+/m1/s1. The van der Waals surface area contributed by atoms with Gasteiger partial charge in [0.05, 0.1) is 11.1 Å². The maximum atomic E-state index is 12.6. The van der Waals surface area contributed by atoms with Gasteiger partial charge in [-0.05, 0) is 48.5 Å². The summed E-state index contributed by atoms with van der Waals surface area (Å²) in [6, 6.07) is 13.4. The van der Waals surface area contributed by atoms with E-state index in [1.807, 2.05) is 0 Å². The molecule has 9 nitrogen and oxygen atoms in total. The molecule has 2 heterocycles. The van der Waals surface area contributed by atoms with Gasteiger partial charge in [0.1, 0.15) is 25.0 Å². The highest BCUT2D eigenvalue weighted by atomic mass is 35.5. The molecule has 0 spiro atoms. The van der Waals surface area contributed by atoms with Gasteiger partial charge < -0.3 is 19.2 Å². The SMILES string of the molecule is O=C(OCC1O[C@H](n2c(=O)cc[nH]c2=O)C[C@H]1OC(=O)c1ccc(Cl)cc1)c1ccc(Cl)cc1. The van der Waals surface area contributed by atoms with Gasteiger partial charge in [0.2, 0.25) is 0 Å². The van der Waals surface area contributed by atoms with Gasteiger partial charge in [0.15, 0.2) is 0 Å². The molecule has 1 aliphatic rings. The van der Waals surface area contributed by atoms with E-state index in [0.29, 0.717) is 10.0 Å². The molecule has 1 fully saturated rings. The van der Waals surface area contributed by atoms with E-state index < -0.39 is 41.6 Å². The van der Waals surface area contributed by atoms with Crippen molar-refractivity contribution in [2.75, 3.05) is 6.61 Å². The number of nitrogens with one attached hydrogen (secondary N) is 1. The number of aromatic nitrogens is 2. The first-order valence-corrected chi connectivity index (χ1v) is 10.9. The first-order valence-electron chi connectivity index (χ1n) is 10.2. The molecule has 2 aromatic carbocycles. The Labute approximate surface area is 202 Å². The van der Waals surface area contributed by atoms with Gasteiger partial charge in [0.25, 0.3) is 5.56 Å². The maximum absolute atomic E-state index is 12.6. The third kappa shape index (κ3) is 5.39. The summed E-state index contributed by atoms with van der Waals surface area (Å²) in [6.45, 7) is -0.282. The summed E-state index contributed by atoms with van der Waals surface area (Å²) in [6.07, 6.45) is -1.64. The van der Waals surface area contributed by atoms with Gasteiger partial charge in [-0.1, -0.05) is 23.2 Å². The number of rotatable bonds is 6. The van der Waals surface area contributed by atoms with E-state index in [4.69, 9.17) is 37.4 Å². The Bertz CT molecular complexity index is 1270. The number of ether oxygens (including phenoxy) is 3. The van der Waals surface area contributed by atoms with Crippen LogP contribution in [-0.2, 0) is 14.2 Å². The molecule has 3 aromatic rings. The molecule has 4 rings (SSSR count). The second-order valence-electron chi connectivity index (χ2n) is 7.41. The third-order valence-electron chi connectivity index (χ3n) is 5.15. The summed E-state index contributed by atoms with van der Waals surface area (Å²) in [7, 11) is 0. The minimum absolute atomic E-state index is 0.00447. The molecule has 11 heteroatoms. The average molecular weight is 505 g/mol. The Balaban J connectivity index is 1.52. The van der Waals surface area contributed by atoms with E-state index in [2.05, 4.69) is 4.98 Å². The number of hydrogen-bond acceptors (Lipinski definition) is 7. The highest BCUT2D eigenvalue weighted by Gasteiger charge is 2.41. The minimum Gasteiger partial charge on any atom is -0.459 e. The Morgan fingerprint density at radius 1 is 0.941 bits per heavy atom. The van der Waals surface area contributed by atoms with Crippen LogP contribution >= 0.6 is 23.2 Å². The van der Waals surface area contributed by atoms with Gasteiger partial charge in [-0.15, -0.1) is 0 Å². The van der Waals surface area contributed by atoms with Crippen molar-refractivity contribution in [3.8, 4) is 0 Å². The zero-order valence-electron chi connectivity index (χ0n) is 17.5. The second kappa shape index (κ2) is 10.3. The van der Waals surface area contributed by atoms with Gasteiger partial charge in [-0.25, -0.2) is 19.0 Å². The van der Waals surface area contributed by atoms with Crippen LogP contribution < -0.4 is 11.2 Å². The fourth-order valence-electron chi connectivity index (χ4n) is 3.46. The number of carbonyl (C=O) groups is 2. The molecule has 1 aliphatic heterocycles. The fourth-order valence-corrected chi connectivity index (χ4v) is 3.71. The summed E-state index contributed by atoms with van der Waals surface area (Å²) in [5.41, 5.74) is -0.752. The van der Waals surface area contributed by atoms with E-state index in [-0.39, 0.29) is 24.2 Å². The number of hydrogen-bond donors (Lipinski definition) is 1. The molecule has 1 saturated heterocycles. The summed E-state index contributed by atoms with van der Waals surface area (Å²) in [5, 5.41) is 0.918. The monoisotopic (exact) mass is 504 g/mol. The molecular formula is C23H18Cl2N2O7. The van der Waals surface area contributed by atoms with Crippen molar-refractivity contribution in [2.45, 2.75) is 24.9 Å². The van der Waals surface area contributed by atoms with Crippen molar-refractivity contribution in [1.82, 2.24) is 9.55 Å². The molecule has 3 atom stereocenters. The average Bonchev–Trinajstić information content (AvgIpc) is 3.20. The van der Waals surface area contributed by atoms with Gasteiger partial charge >= 0.3 is 17.6 Å². The number of nitrogens with zero attached hydrogens (tertiary/aromatic N) is 1. The quantitative estimate of drug-likeness (QED) is 0.512. The van der Waals surface area contributed by atoms with Crippen molar-refractivity contribution < 1.29 is 23.8 Å². The summed E-state index contributed by atoms with van der Waals surface area (Å²) >= 11 is 11.7. The summed E-state index contributed by atoms with van der Waals surface area (Å²) < 4.78 is 17.6. The van der Waals surface area contributed by atoms with Crippen LogP contribution in [0.2, 0.25) is 10.0 Å². The molecule has 0 amide bonds. The number of esters is 2. The lowest BCUT2D eigenvalue weighted by atomic mass is 10.1. The number of aromatic amines is 1. The van der Waals surface area contributed by atoms with E-state index in [0.717, 1.165) is 4.57 Å². The van der Waals surface area contributed by atoms with Crippen LogP contribution in [0.3, 0.4) is 0 Å². The Hall–Kier alpha value is -3.40. The van der Waals surface area contributed by atoms with E-state index in [1.165, 1.54) is 36.5 Å². The maximum Gasteiger partial charge on any atom is 0.338 e. The Morgan fingerprint density at radius 2 is 1.53 bits per heavy atom. The van der Waals surface area contributed by atoms with Gasteiger partial charge in [-0.3, -0.25) is 4.79 Å². The molecule has 0 saturated carbocycles. The van der Waals surface area contributed by atoms with Gasteiger partial charge in [0, 0.05) is 28.7 Å². The smallest absolute Gasteiger partial charge is 0.338 e. The molecular weight excluding hydrogens is 487 g/mol. The second-order valence-corrected chi connectivity index (χ2v) is 8.28. The molecule has 1 aromatic heterocycles. The zero-order chi connectivity index (χ0) is 24.2. The molecule has 34 heavy (non-hydrogen) atoms. The zero-order valence-corrected chi connectivity index (χ0v) is 19.0. The molecule has 0 aliphatic carbocycles. The van der Waals surface area contributed by atoms with E-state index in [9.17, 15) is 19.2 Å². The van der Waals surface area contributed by atoms with Crippen LogP contribution in [0.1, 0.15) is 33.4 Å². The van der Waals surface area contributed by atoms with E-state index >= 15 is 0 Å². The Morgan fingerprint density at radius 3 is 2.12 bits per heavy atom. The molecule has 176 valence electrons. The predicted molar refractivity (Wildman–Crippen MR) is 122 cm³/mol. The van der Waals surface area contributed by atoms with Gasteiger partial charge in [-0.2, -0.15) is 0 Å². The molecule has 1 N–H and O–H groups in total. The van der Waals surface area contributed by atoms with Crippen LogP contribution in [0, 0.1) is 0 Å². The first-order chi connectivity index (χ1) is 16.3. The number of carbonyl (C=O) groups excluding carboxylic acids is 2. The van der Waals surface area contributed by atoms with Crippen molar-refractivity contribution in [2.24, 2.45) is 0 Å². The lowest BCUT2D eigenvalue weighted by Crippen LogP contribution is -2.37. The lowest BCUT2D eigenvalue weighted by Gasteiger charge is -2.19. The van der Waals surface area contributed by atoms with Crippen LogP contribution in [0.25, 0.3) is 0 Å². The Kier molecular flexibility index (Phi) is 7.16. The minimum atomic E-state index is -1.03. The third-order valence-corrected chi connectivity index (χ3v) is 5.66. The van der Waals surface area contributed by atoms with E-state index in [1.54, 1.807) is 24.3 Å². The lowest BCUT2D eigenvalue weighted by molar-refractivity contribution is -0.0589. The highest BCUT2D eigenvalue weighted by Crippen LogP contribution is 2.30. The molecule has 0 radical (unpaired) electrons. The molecule has 1 unspecified atom stereocenters. The topological polar surface area (TPSA) is 117 Å². The number of H-pyrrole nitrogens is 1. The molecule has 0 bridgehead atoms. The number of halogens is 2. The van der Waals surface area contributed by atoms with Crippen LogP contribution in [-0.4, -0.2) is 40.3 Å². The van der Waals surface area contributed by atoms with Crippen LogP contribution in [0.5, 0.6) is 0 Å².